The summed E-state index contributed by atoms with van der Waals surface area (Å²) in [4.78, 5) is 36.0. The van der Waals surface area contributed by atoms with Gasteiger partial charge >= 0.3 is 6.09 Å². The van der Waals surface area contributed by atoms with Crippen LogP contribution in [0.3, 0.4) is 0 Å². The Labute approximate surface area is 289 Å². The molecule has 4 heterocycles. The molecule has 3 aliphatic rings. The number of thioether (sulfide) groups is 1. The number of benzene rings is 3. The number of aromatic amines is 1. The summed E-state index contributed by atoms with van der Waals surface area (Å²) in [6.07, 6.45) is 5.70. The van der Waals surface area contributed by atoms with Gasteiger partial charge in [-0.25, -0.2) is 9.78 Å². The third-order valence-electron chi connectivity index (χ3n) is 8.42. The monoisotopic (exact) mass is 685 g/mol. The molecule has 3 aromatic carbocycles. The van der Waals surface area contributed by atoms with Gasteiger partial charge in [0.05, 0.1) is 23.6 Å². The van der Waals surface area contributed by atoms with Crippen LogP contribution >= 0.6 is 11.8 Å². The van der Waals surface area contributed by atoms with Gasteiger partial charge in [-0.3, -0.25) is 18.8 Å². The van der Waals surface area contributed by atoms with E-state index in [0.717, 1.165) is 72.2 Å². The molecule has 0 spiro atoms. The van der Waals surface area contributed by atoms with Crippen molar-refractivity contribution in [3.63, 3.8) is 0 Å². The molecule has 0 radical (unpaired) electrons. The molecule has 4 aromatic rings. The van der Waals surface area contributed by atoms with E-state index in [1.165, 1.54) is 12.0 Å². The van der Waals surface area contributed by atoms with E-state index in [0.29, 0.717) is 16.2 Å². The van der Waals surface area contributed by atoms with Gasteiger partial charge in [0, 0.05) is 65.0 Å². The lowest BCUT2D eigenvalue weighted by Gasteiger charge is -2.28. The fourth-order valence-electron chi connectivity index (χ4n) is 5.81. The number of hydrogen-bond donors (Lipinski definition) is 2. The Bertz CT molecular complexity index is 1710. The van der Waals surface area contributed by atoms with Crippen LogP contribution in [0.4, 0.5) is 10.5 Å². The zero-order valence-corrected chi connectivity index (χ0v) is 29.3. The molecule has 2 atom stereocenters. The molecule has 0 saturated carbocycles. The highest BCUT2D eigenvalue weighted by molar-refractivity contribution is 8.07. The van der Waals surface area contributed by atoms with Crippen LogP contribution in [0.2, 0.25) is 0 Å². The van der Waals surface area contributed by atoms with Crippen LogP contribution < -0.4 is 5.32 Å². The van der Waals surface area contributed by atoms with Crippen LogP contribution in [0.25, 0.3) is 22.4 Å². The number of fused-ring (bicyclic) bond motifs is 1. The average Bonchev–Trinajstić information content (AvgIpc) is 3.68. The van der Waals surface area contributed by atoms with Crippen molar-refractivity contribution in [3.05, 3.63) is 96.4 Å². The summed E-state index contributed by atoms with van der Waals surface area (Å²) in [6, 6.07) is 23.8. The van der Waals surface area contributed by atoms with Crippen molar-refractivity contribution in [1.82, 2.24) is 19.8 Å². The number of rotatable bonds is 6. The fraction of sp³-hybridized carbons (Fsp3) is 0.378. The zero-order chi connectivity index (χ0) is 33.7. The molecule has 1 aromatic heterocycles. The lowest BCUT2D eigenvalue weighted by atomic mass is 10.0. The predicted molar refractivity (Wildman–Crippen MR) is 194 cm³/mol. The molecule has 252 valence electrons. The maximum atomic E-state index is 12.9. The number of aromatic nitrogens is 2. The molecule has 0 aliphatic carbocycles. The van der Waals surface area contributed by atoms with Crippen LogP contribution in [-0.2, 0) is 22.1 Å². The van der Waals surface area contributed by atoms with Gasteiger partial charge in [0.2, 0.25) is 0 Å². The van der Waals surface area contributed by atoms with Crippen molar-refractivity contribution in [2.24, 2.45) is 0 Å². The first kappa shape index (κ1) is 34.0. The van der Waals surface area contributed by atoms with Gasteiger partial charge in [0.25, 0.3) is 5.91 Å². The van der Waals surface area contributed by atoms with Gasteiger partial charge in [-0.05, 0) is 80.1 Å². The van der Waals surface area contributed by atoms with Crippen LogP contribution in [-0.4, -0.2) is 83.3 Å². The van der Waals surface area contributed by atoms with Gasteiger partial charge in [-0.2, -0.15) is 0 Å². The quantitative estimate of drug-likeness (QED) is 0.210. The molecule has 2 N–H and O–H groups in total. The summed E-state index contributed by atoms with van der Waals surface area (Å²) < 4.78 is 16.9. The first-order valence-corrected chi connectivity index (χ1v) is 18.9. The SMILES string of the molecule is CC(C)(C)OC(=O)N1CCCC2SC21.O=C(Nc1ccc(CN2CCS(=O)CC2)cc1)c1cccc(-c2ccc(-c3cnc[nH]3)cc2)c1. The second-order valence-corrected chi connectivity index (χ2v) is 16.3. The maximum absolute atomic E-state index is 12.9. The second-order valence-electron chi connectivity index (χ2n) is 13.3. The Morgan fingerprint density at radius 1 is 0.979 bits per heavy atom. The lowest BCUT2D eigenvalue weighted by Crippen LogP contribution is -2.41. The Morgan fingerprint density at radius 3 is 2.40 bits per heavy atom. The number of nitrogens with zero attached hydrogens (tertiary/aromatic N) is 3. The largest absolute Gasteiger partial charge is 0.444 e. The Kier molecular flexibility index (Phi) is 10.7. The highest BCUT2D eigenvalue weighted by Crippen LogP contribution is 2.49. The normalized spacial score (nSPS) is 19.4. The van der Waals surface area contributed by atoms with Crippen molar-refractivity contribution in [2.45, 2.75) is 56.4 Å². The third-order valence-corrected chi connectivity index (χ3v) is 11.1. The Morgan fingerprint density at radius 2 is 1.71 bits per heavy atom. The maximum Gasteiger partial charge on any atom is 0.411 e. The summed E-state index contributed by atoms with van der Waals surface area (Å²) in [5, 5.41) is 4.10. The highest BCUT2D eigenvalue weighted by atomic mass is 32.2. The van der Waals surface area contributed by atoms with E-state index in [2.05, 4.69) is 20.2 Å². The number of nitrogens with one attached hydrogen (secondary N) is 2. The number of piperidine rings is 1. The lowest BCUT2D eigenvalue weighted by molar-refractivity contribution is 0.0219. The van der Waals surface area contributed by atoms with Crippen LogP contribution in [0, 0.1) is 0 Å². The van der Waals surface area contributed by atoms with Crippen molar-refractivity contribution < 1.29 is 18.5 Å². The number of H-pyrrole nitrogens is 1. The minimum Gasteiger partial charge on any atom is -0.444 e. The van der Waals surface area contributed by atoms with Gasteiger partial charge in [0.15, 0.2) is 0 Å². The van der Waals surface area contributed by atoms with E-state index in [9.17, 15) is 13.8 Å². The van der Waals surface area contributed by atoms with Crippen LogP contribution in [0.5, 0.6) is 0 Å². The van der Waals surface area contributed by atoms with Crippen molar-refractivity contribution >= 4 is 40.2 Å². The molecule has 3 aliphatic heterocycles. The van der Waals surface area contributed by atoms with E-state index in [1.807, 2.05) is 110 Å². The summed E-state index contributed by atoms with van der Waals surface area (Å²) in [5.41, 5.74) is 6.26. The number of amides is 2. The number of imidazole rings is 1. The molecule has 11 heteroatoms. The molecule has 48 heavy (non-hydrogen) atoms. The topological polar surface area (TPSA) is 108 Å². The molecule has 9 nitrogen and oxygen atoms in total. The van der Waals surface area contributed by atoms with Crippen molar-refractivity contribution in [3.8, 4) is 22.4 Å². The minimum absolute atomic E-state index is 0.137. The van der Waals surface area contributed by atoms with Gasteiger partial charge in [-0.1, -0.05) is 48.5 Å². The standard InChI is InChI=1S/C27H26N4O2S.C10H17NO2S/c32-27(30-25-10-4-20(5-11-25)18-31-12-14-34(33)15-13-31)24-3-1-2-23(16-24)21-6-8-22(9-7-21)26-17-28-19-29-26;1-10(2,3)13-9(12)11-6-4-5-7-8(11)14-7/h1-11,16-17,19H,12-15,18H2,(H,28,29)(H,30,32);7-8H,4-6H2,1-3H3. The minimum atomic E-state index is -0.662. The summed E-state index contributed by atoms with van der Waals surface area (Å²) >= 11 is 1.89. The summed E-state index contributed by atoms with van der Waals surface area (Å²) in [5.74, 6) is 1.37. The van der Waals surface area contributed by atoms with Gasteiger partial charge in [0.1, 0.15) is 5.60 Å². The Balaban J connectivity index is 0.000000239. The molecule has 7 rings (SSSR count). The first-order chi connectivity index (χ1) is 23.1. The van der Waals surface area contributed by atoms with Gasteiger partial charge in [-0.15, -0.1) is 11.8 Å². The number of ether oxygens (including phenoxy) is 1. The first-order valence-electron chi connectivity index (χ1n) is 16.4. The molecule has 0 bridgehead atoms. The molecule has 2 unspecified atom stereocenters. The van der Waals surface area contributed by atoms with Crippen molar-refractivity contribution in [1.29, 1.82) is 0 Å². The van der Waals surface area contributed by atoms with E-state index in [-0.39, 0.29) is 17.6 Å². The second kappa shape index (κ2) is 15.1. The van der Waals surface area contributed by atoms with Crippen LogP contribution in [0.1, 0.15) is 49.5 Å². The summed E-state index contributed by atoms with van der Waals surface area (Å²) in [7, 11) is -0.662. The van der Waals surface area contributed by atoms with E-state index >= 15 is 0 Å². The van der Waals surface area contributed by atoms with Crippen LogP contribution in [0.15, 0.2) is 85.3 Å². The van der Waals surface area contributed by atoms with E-state index in [1.54, 1.807) is 12.5 Å². The number of carbonyl (C=O) groups is 2. The molecular formula is C37H43N5O4S2. The average molecular weight is 686 g/mol. The predicted octanol–water partition coefficient (Wildman–Crippen LogP) is 7.02. The van der Waals surface area contributed by atoms with Gasteiger partial charge < -0.3 is 15.0 Å². The Hall–Kier alpha value is -3.93. The van der Waals surface area contributed by atoms with E-state index in [4.69, 9.17) is 4.74 Å². The van der Waals surface area contributed by atoms with Crippen molar-refractivity contribution in [2.75, 3.05) is 36.5 Å². The number of likely N-dealkylation sites (tertiary alicyclic amines) is 1. The molecule has 3 saturated heterocycles. The number of carbonyl (C=O) groups excluding carboxylic acids is 2. The molecular weight excluding hydrogens is 643 g/mol. The fourth-order valence-corrected chi connectivity index (χ4v) is 8.13. The number of anilines is 1. The smallest absolute Gasteiger partial charge is 0.411 e. The summed E-state index contributed by atoms with van der Waals surface area (Å²) in [6.45, 7) is 9.17. The van der Waals surface area contributed by atoms with E-state index < -0.39 is 10.8 Å². The highest BCUT2D eigenvalue weighted by Gasteiger charge is 2.48. The third kappa shape index (κ3) is 9.15. The molecule has 3 fully saturated rings. The zero-order valence-electron chi connectivity index (χ0n) is 27.7. The number of hydrogen-bond acceptors (Lipinski definition) is 7. The molecule has 2 amide bonds.